The predicted molar refractivity (Wildman–Crippen MR) is 75.8 cm³/mol. The third-order valence-electron chi connectivity index (χ3n) is 3.92. The van der Waals surface area contributed by atoms with E-state index in [9.17, 15) is 5.11 Å². The van der Waals surface area contributed by atoms with Crippen molar-refractivity contribution in [1.29, 1.82) is 0 Å². The van der Waals surface area contributed by atoms with E-state index in [2.05, 4.69) is 43.0 Å². The minimum atomic E-state index is -0.445. The van der Waals surface area contributed by atoms with Gasteiger partial charge in [-0.1, -0.05) is 12.1 Å². The molecule has 1 aromatic carbocycles. The number of benzene rings is 1. The normalized spacial score (nSPS) is 18.4. The molecule has 0 aliphatic heterocycles. The fraction of sp³-hybridized carbons (Fsp3) is 0.600. The van der Waals surface area contributed by atoms with Gasteiger partial charge in [0.05, 0.1) is 12.1 Å². The van der Waals surface area contributed by atoms with Crippen molar-refractivity contribution in [1.82, 2.24) is 0 Å². The highest BCUT2D eigenvalue weighted by Crippen LogP contribution is 2.39. The van der Waals surface area contributed by atoms with E-state index in [1.165, 1.54) is 11.3 Å². The van der Waals surface area contributed by atoms with Gasteiger partial charge in [-0.2, -0.15) is 0 Å². The van der Waals surface area contributed by atoms with Crippen LogP contribution in [0.1, 0.15) is 25.3 Å². The van der Waals surface area contributed by atoms with Gasteiger partial charge in [0, 0.05) is 18.8 Å². The topological polar surface area (TPSA) is 49.5 Å². The van der Waals surface area contributed by atoms with Gasteiger partial charge in [-0.3, -0.25) is 0 Å². The second kappa shape index (κ2) is 5.29. The second-order valence-electron chi connectivity index (χ2n) is 5.52. The van der Waals surface area contributed by atoms with Gasteiger partial charge in [0.1, 0.15) is 0 Å². The summed E-state index contributed by atoms with van der Waals surface area (Å²) in [7, 11) is 0. The van der Waals surface area contributed by atoms with Crippen LogP contribution in [0, 0.1) is 12.8 Å². The molecule has 1 atom stereocenters. The molecule has 0 bridgehead atoms. The second-order valence-corrected chi connectivity index (χ2v) is 5.52. The Morgan fingerprint density at radius 3 is 2.67 bits per heavy atom. The summed E-state index contributed by atoms with van der Waals surface area (Å²) in [5.41, 5.74) is 8.37. The highest BCUT2D eigenvalue weighted by Gasteiger charge is 2.42. The Bertz CT molecular complexity index is 403. The van der Waals surface area contributed by atoms with Crippen molar-refractivity contribution < 1.29 is 5.11 Å². The number of aryl methyl sites for hydroxylation is 1. The Morgan fingerprint density at radius 1 is 1.44 bits per heavy atom. The number of hydrogen-bond acceptors (Lipinski definition) is 3. The number of anilines is 1. The van der Waals surface area contributed by atoms with Crippen molar-refractivity contribution in [3.63, 3.8) is 0 Å². The summed E-state index contributed by atoms with van der Waals surface area (Å²) in [6.07, 6.45) is 2.31. The maximum absolute atomic E-state index is 9.59. The Kier molecular flexibility index (Phi) is 3.93. The Labute approximate surface area is 110 Å². The fourth-order valence-electron chi connectivity index (χ4n) is 2.53. The smallest absolute Gasteiger partial charge is 0.0631 e. The number of nitrogens with zero attached hydrogens (tertiary/aromatic N) is 1. The van der Waals surface area contributed by atoms with E-state index in [1.54, 1.807) is 0 Å². The van der Waals surface area contributed by atoms with E-state index >= 15 is 0 Å². The first-order chi connectivity index (χ1) is 8.59. The van der Waals surface area contributed by atoms with Crippen LogP contribution in [0.3, 0.4) is 0 Å². The molecule has 1 aliphatic rings. The Hall–Kier alpha value is -1.06. The van der Waals surface area contributed by atoms with E-state index in [0.717, 1.165) is 25.9 Å². The molecule has 1 fully saturated rings. The number of rotatable bonds is 6. The predicted octanol–water partition coefficient (Wildman–Crippen LogP) is 1.92. The molecule has 0 radical (unpaired) electrons. The molecule has 1 saturated carbocycles. The summed E-state index contributed by atoms with van der Waals surface area (Å²) in [5, 5.41) is 9.59. The van der Waals surface area contributed by atoms with Crippen LogP contribution in [0.15, 0.2) is 24.3 Å². The largest absolute Gasteiger partial charge is 0.394 e. The van der Waals surface area contributed by atoms with Crippen LogP contribution in [0.25, 0.3) is 0 Å². The summed E-state index contributed by atoms with van der Waals surface area (Å²) in [5.74, 6) is 0.487. The molecule has 18 heavy (non-hydrogen) atoms. The number of likely N-dealkylation sites (N-methyl/N-ethyl adjacent to an activating group) is 1. The molecule has 3 heteroatoms. The van der Waals surface area contributed by atoms with Gasteiger partial charge in [-0.15, -0.1) is 0 Å². The first kappa shape index (κ1) is 13.4. The lowest BCUT2D eigenvalue weighted by atomic mass is 9.94. The van der Waals surface area contributed by atoms with Crippen LogP contribution < -0.4 is 10.6 Å². The van der Waals surface area contributed by atoms with Crippen LogP contribution >= 0.6 is 0 Å². The van der Waals surface area contributed by atoms with Crippen molar-refractivity contribution in [2.75, 3.05) is 24.6 Å². The Balaban J connectivity index is 2.13. The van der Waals surface area contributed by atoms with Crippen LogP contribution in [-0.4, -0.2) is 30.3 Å². The first-order valence-electron chi connectivity index (χ1n) is 6.80. The average Bonchev–Trinajstić information content (AvgIpc) is 3.20. The van der Waals surface area contributed by atoms with Crippen LogP contribution in [0.2, 0.25) is 0 Å². The Morgan fingerprint density at radius 2 is 2.17 bits per heavy atom. The van der Waals surface area contributed by atoms with Crippen LogP contribution in [-0.2, 0) is 0 Å². The summed E-state index contributed by atoms with van der Waals surface area (Å²) in [4.78, 5) is 2.27. The number of aliphatic hydroxyl groups excluding tert-OH is 1. The van der Waals surface area contributed by atoms with Crippen LogP contribution in [0.4, 0.5) is 5.69 Å². The first-order valence-corrected chi connectivity index (χ1v) is 6.80. The molecular formula is C15H24N2O. The highest BCUT2D eigenvalue weighted by atomic mass is 16.3. The zero-order valence-corrected chi connectivity index (χ0v) is 11.4. The zero-order chi connectivity index (χ0) is 13.2. The lowest BCUT2D eigenvalue weighted by molar-refractivity contribution is 0.180. The van der Waals surface area contributed by atoms with Gasteiger partial charge >= 0.3 is 0 Å². The molecule has 0 aromatic heterocycles. The quantitative estimate of drug-likeness (QED) is 0.808. The van der Waals surface area contributed by atoms with E-state index < -0.39 is 5.54 Å². The molecule has 2 rings (SSSR count). The van der Waals surface area contributed by atoms with Crippen molar-refractivity contribution in [2.24, 2.45) is 11.7 Å². The minimum Gasteiger partial charge on any atom is -0.394 e. The molecular weight excluding hydrogens is 224 g/mol. The van der Waals surface area contributed by atoms with E-state index in [0.29, 0.717) is 5.92 Å². The maximum atomic E-state index is 9.59. The van der Waals surface area contributed by atoms with Gasteiger partial charge in [0.2, 0.25) is 0 Å². The van der Waals surface area contributed by atoms with Crippen molar-refractivity contribution in [3.8, 4) is 0 Å². The molecule has 1 aromatic rings. The molecule has 1 unspecified atom stereocenters. The zero-order valence-electron chi connectivity index (χ0n) is 11.4. The third kappa shape index (κ3) is 2.85. The van der Waals surface area contributed by atoms with E-state index in [1.807, 2.05) is 0 Å². The van der Waals surface area contributed by atoms with E-state index in [4.69, 9.17) is 5.73 Å². The summed E-state index contributed by atoms with van der Waals surface area (Å²) in [6, 6.07) is 8.46. The number of nitrogens with two attached hydrogens (primary N) is 1. The van der Waals surface area contributed by atoms with Crippen molar-refractivity contribution >= 4 is 5.69 Å². The fourth-order valence-corrected chi connectivity index (χ4v) is 2.53. The monoisotopic (exact) mass is 248 g/mol. The standard InChI is InChI=1S/C15H24N2O/c1-3-17(14-6-4-5-12(2)9-14)10-15(16,11-18)13-7-8-13/h4-6,9,13,18H,3,7-8,10-11,16H2,1-2H3. The molecule has 3 N–H and O–H groups in total. The van der Waals surface area contributed by atoms with Gasteiger partial charge < -0.3 is 15.7 Å². The summed E-state index contributed by atoms with van der Waals surface area (Å²) < 4.78 is 0. The van der Waals surface area contributed by atoms with Crippen LogP contribution in [0.5, 0.6) is 0 Å². The minimum absolute atomic E-state index is 0.0694. The van der Waals surface area contributed by atoms with Crippen molar-refractivity contribution in [2.45, 2.75) is 32.2 Å². The molecule has 0 amide bonds. The van der Waals surface area contributed by atoms with Gasteiger partial charge in [0.25, 0.3) is 0 Å². The van der Waals surface area contributed by atoms with Gasteiger partial charge in [-0.25, -0.2) is 0 Å². The molecule has 0 spiro atoms. The maximum Gasteiger partial charge on any atom is 0.0631 e. The lowest BCUT2D eigenvalue weighted by Crippen LogP contribution is -2.55. The summed E-state index contributed by atoms with van der Waals surface area (Å²) >= 11 is 0. The average molecular weight is 248 g/mol. The summed E-state index contributed by atoms with van der Waals surface area (Å²) in [6.45, 7) is 5.94. The number of hydrogen-bond donors (Lipinski definition) is 2. The number of aliphatic hydroxyl groups is 1. The molecule has 0 heterocycles. The molecule has 0 saturated heterocycles. The van der Waals surface area contributed by atoms with Gasteiger partial charge in [-0.05, 0) is 50.3 Å². The highest BCUT2D eigenvalue weighted by molar-refractivity contribution is 5.48. The van der Waals surface area contributed by atoms with Crippen molar-refractivity contribution in [3.05, 3.63) is 29.8 Å². The molecule has 100 valence electrons. The SMILES string of the molecule is CCN(CC(N)(CO)C1CC1)c1cccc(C)c1. The lowest BCUT2D eigenvalue weighted by Gasteiger charge is -2.35. The molecule has 3 nitrogen and oxygen atoms in total. The third-order valence-corrected chi connectivity index (χ3v) is 3.92. The van der Waals surface area contributed by atoms with Gasteiger partial charge in [0.15, 0.2) is 0 Å². The molecule has 1 aliphatic carbocycles. The van der Waals surface area contributed by atoms with E-state index in [-0.39, 0.29) is 6.61 Å².